The predicted octanol–water partition coefficient (Wildman–Crippen LogP) is 2.17. The van der Waals surface area contributed by atoms with Crippen molar-refractivity contribution < 1.29 is 22.7 Å². The van der Waals surface area contributed by atoms with Crippen LogP contribution in [-0.2, 0) is 9.53 Å². The zero-order valence-electron chi connectivity index (χ0n) is 9.48. The monoisotopic (exact) mass is 259 g/mol. The van der Waals surface area contributed by atoms with Crippen LogP contribution in [0.3, 0.4) is 0 Å². The summed E-state index contributed by atoms with van der Waals surface area (Å²) in [5.74, 6) is -0.595. The van der Waals surface area contributed by atoms with E-state index < -0.39 is 17.0 Å². The molecule has 0 aromatic heterocycles. The van der Waals surface area contributed by atoms with Crippen molar-refractivity contribution in [2.75, 3.05) is 18.9 Å². The van der Waals surface area contributed by atoms with Crippen molar-refractivity contribution in [2.24, 2.45) is 0 Å². The minimum atomic E-state index is -4.24. The maximum Gasteiger partial charge on any atom is 0.441 e. The van der Waals surface area contributed by atoms with Crippen LogP contribution in [-0.4, -0.2) is 35.9 Å². The molecule has 1 amide bonds. The molecule has 96 valence electrons. The fourth-order valence-corrected chi connectivity index (χ4v) is 1.13. The second-order valence-corrected chi connectivity index (χ2v) is 5.21. The summed E-state index contributed by atoms with van der Waals surface area (Å²) in [6.45, 7) is 5.22. The van der Waals surface area contributed by atoms with Gasteiger partial charge in [0.15, 0.2) is 0 Å². The van der Waals surface area contributed by atoms with Crippen LogP contribution < -0.4 is 5.32 Å². The van der Waals surface area contributed by atoms with Gasteiger partial charge in [-0.15, -0.1) is 0 Å². The Kier molecular flexibility index (Phi) is 6.17. The summed E-state index contributed by atoms with van der Waals surface area (Å²) in [4.78, 5) is 11.1. The number of carbonyl (C=O) groups is 1. The zero-order chi connectivity index (χ0) is 12.8. The molecule has 3 nitrogen and oxygen atoms in total. The first-order valence-electron chi connectivity index (χ1n) is 4.71. The summed E-state index contributed by atoms with van der Waals surface area (Å²) < 4.78 is 40.3. The lowest BCUT2D eigenvalue weighted by atomic mass is 10.2. The van der Waals surface area contributed by atoms with Gasteiger partial charge in [0.2, 0.25) is 5.91 Å². The van der Waals surface area contributed by atoms with Gasteiger partial charge in [-0.25, -0.2) is 0 Å². The molecule has 7 heteroatoms. The molecule has 0 fully saturated rings. The summed E-state index contributed by atoms with van der Waals surface area (Å²) in [5, 5.41) is 2.34. The molecule has 0 unspecified atom stereocenters. The molecule has 0 spiro atoms. The van der Waals surface area contributed by atoms with Crippen LogP contribution in [0.2, 0.25) is 0 Å². The first-order valence-corrected chi connectivity index (χ1v) is 5.70. The molecule has 0 radical (unpaired) electrons. The SMILES string of the molecule is CC(C)(C)OCC(=O)NCCSC(F)(F)F. The first kappa shape index (κ1) is 15.6. The normalized spacial score (nSPS) is 12.6. The van der Waals surface area contributed by atoms with Crippen LogP contribution in [0.4, 0.5) is 13.2 Å². The van der Waals surface area contributed by atoms with E-state index in [1.807, 2.05) is 0 Å². The number of ether oxygens (including phenoxy) is 1. The maximum atomic E-state index is 11.7. The highest BCUT2D eigenvalue weighted by Gasteiger charge is 2.27. The summed E-state index contributed by atoms with van der Waals surface area (Å²) in [6.07, 6.45) is 0. The molecule has 0 aromatic carbocycles. The van der Waals surface area contributed by atoms with Crippen molar-refractivity contribution in [3.8, 4) is 0 Å². The van der Waals surface area contributed by atoms with Crippen molar-refractivity contribution in [3.63, 3.8) is 0 Å². The number of rotatable bonds is 5. The predicted molar refractivity (Wildman–Crippen MR) is 57.2 cm³/mol. The molecular formula is C9H16F3NO2S. The van der Waals surface area contributed by atoms with E-state index >= 15 is 0 Å². The van der Waals surface area contributed by atoms with Crippen LogP contribution in [0, 0.1) is 0 Å². The van der Waals surface area contributed by atoms with E-state index in [4.69, 9.17) is 4.74 Å². The van der Waals surface area contributed by atoms with Gasteiger partial charge in [0.1, 0.15) is 6.61 Å². The van der Waals surface area contributed by atoms with Gasteiger partial charge in [-0.2, -0.15) is 13.2 Å². The van der Waals surface area contributed by atoms with Gasteiger partial charge < -0.3 is 10.1 Å². The quantitative estimate of drug-likeness (QED) is 0.769. The highest BCUT2D eigenvalue weighted by molar-refractivity contribution is 8.00. The number of halogens is 3. The molecule has 0 heterocycles. The van der Waals surface area contributed by atoms with E-state index in [2.05, 4.69) is 5.32 Å². The van der Waals surface area contributed by atoms with Gasteiger partial charge in [0, 0.05) is 12.3 Å². The summed E-state index contributed by atoms with van der Waals surface area (Å²) in [6, 6.07) is 0. The highest BCUT2D eigenvalue weighted by atomic mass is 32.2. The topological polar surface area (TPSA) is 38.3 Å². The van der Waals surface area contributed by atoms with Crippen molar-refractivity contribution in [1.29, 1.82) is 0 Å². The number of hydrogen-bond donors (Lipinski definition) is 1. The van der Waals surface area contributed by atoms with Gasteiger partial charge in [-0.05, 0) is 32.5 Å². The zero-order valence-corrected chi connectivity index (χ0v) is 10.3. The molecular weight excluding hydrogens is 243 g/mol. The molecule has 0 aliphatic heterocycles. The van der Waals surface area contributed by atoms with E-state index in [9.17, 15) is 18.0 Å². The largest absolute Gasteiger partial charge is 0.441 e. The standard InChI is InChI=1S/C9H16F3NO2S/c1-8(2,3)15-6-7(14)13-4-5-16-9(10,11)12/h4-6H2,1-3H3,(H,13,14). The molecule has 16 heavy (non-hydrogen) atoms. The van der Waals surface area contributed by atoms with Crippen molar-refractivity contribution in [2.45, 2.75) is 31.9 Å². The van der Waals surface area contributed by atoms with Gasteiger partial charge in [0.05, 0.1) is 5.60 Å². The van der Waals surface area contributed by atoms with Gasteiger partial charge in [0.25, 0.3) is 0 Å². The van der Waals surface area contributed by atoms with E-state index in [1.165, 1.54) is 0 Å². The van der Waals surface area contributed by atoms with Crippen LogP contribution in [0.5, 0.6) is 0 Å². The number of nitrogens with one attached hydrogen (secondary N) is 1. The lowest BCUT2D eigenvalue weighted by Crippen LogP contribution is -2.33. The van der Waals surface area contributed by atoms with Crippen LogP contribution in [0.25, 0.3) is 0 Å². The molecule has 1 N–H and O–H groups in total. The Bertz CT molecular complexity index is 226. The Morgan fingerprint density at radius 2 is 1.88 bits per heavy atom. The Morgan fingerprint density at radius 1 is 1.31 bits per heavy atom. The second-order valence-electron chi connectivity index (χ2n) is 4.05. The molecule has 0 saturated carbocycles. The third-order valence-corrected chi connectivity index (χ3v) is 2.06. The highest BCUT2D eigenvalue weighted by Crippen LogP contribution is 2.29. The van der Waals surface area contributed by atoms with Gasteiger partial charge >= 0.3 is 5.51 Å². The molecule has 0 atom stereocenters. The van der Waals surface area contributed by atoms with Crippen LogP contribution in [0.15, 0.2) is 0 Å². The lowest BCUT2D eigenvalue weighted by Gasteiger charge is -2.18. The summed E-state index contributed by atoms with van der Waals surface area (Å²) >= 11 is -0.156. The smallest absolute Gasteiger partial charge is 0.366 e. The lowest BCUT2D eigenvalue weighted by molar-refractivity contribution is -0.130. The first-order chi connectivity index (χ1) is 7.10. The Hall–Kier alpha value is -0.430. The van der Waals surface area contributed by atoms with Gasteiger partial charge in [-0.1, -0.05) is 0 Å². The van der Waals surface area contributed by atoms with E-state index in [0.29, 0.717) is 0 Å². The second kappa shape index (κ2) is 6.34. The Balaban J connectivity index is 3.52. The van der Waals surface area contributed by atoms with E-state index in [-0.39, 0.29) is 30.7 Å². The molecule has 0 aromatic rings. The maximum absolute atomic E-state index is 11.7. The van der Waals surface area contributed by atoms with Crippen LogP contribution in [0.1, 0.15) is 20.8 Å². The fraction of sp³-hybridized carbons (Fsp3) is 0.889. The third kappa shape index (κ3) is 11.6. The van der Waals surface area contributed by atoms with Crippen molar-refractivity contribution in [3.05, 3.63) is 0 Å². The Labute approximate surface area is 97.1 Å². The van der Waals surface area contributed by atoms with Crippen molar-refractivity contribution in [1.82, 2.24) is 5.32 Å². The average molecular weight is 259 g/mol. The molecule has 0 aliphatic rings. The summed E-state index contributed by atoms with van der Waals surface area (Å²) in [7, 11) is 0. The van der Waals surface area contributed by atoms with E-state index in [1.54, 1.807) is 20.8 Å². The Morgan fingerprint density at radius 3 is 2.31 bits per heavy atom. The van der Waals surface area contributed by atoms with E-state index in [0.717, 1.165) is 0 Å². The molecule has 0 bridgehead atoms. The van der Waals surface area contributed by atoms with Gasteiger partial charge in [-0.3, -0.25) is 4.79 Å². The summed E-state index contributed by atoms with van der Waals surface area (Å²) in [5.41, 5.74) is -4.68. The number of thioether (sulfide) groups is 1. The molecule has 0 aliphatic carbocycles. The molecule has 0 rings (SSSR count). The van der Waals surface area contributed by atoms with Crippen molar-refractivity contribution >= 4 is 17.7 Å². The fourth-order valence-electron chi connectivity index (χ4n) is 0.690. The average Bonchev–Trinajstić information content (AvgIpc) is 2.06. The molecule has 0 saturated heterocycles. The number of amides is 1. The number of hydrogen-bond acceptors (Lipinski definition) is 3. The minimum Gasteiger partial charge on any atom is -0.366 e. The minimum absolute atomic E-state index is 0.0173. The van der Waals surface area contributed by atoms with Crippen LogP contribution >= 0.6 is 11.8 Å². The third-order valence-electron chi connectivity index (χ3n) is 1.33. The number of carbonyl (C=O) groups excluding carboxylic acids is 1. The number of alkyl halides is 3.